The first-order chi connectivity index (χ1) is 6.91. The fourth-order valence-corrected chi connectivity index (χ4v) is 1.59. The van der Waals surface area contributed by atoms with E-state index in [-0.39, 0.29) is 5.41 Å². The SMILES string of the molecule is CC(C)CNCc1cn[nH]c1C(C)(C)C. The smallest absolute Gasteiger partial charge is 0.0535 e. The number of nitrogens with one attached hydrogen (secondary N) is 2. The van der Waals surface area contributed by atoms with Gasteiger partial charge in [-0.15, -0.1) is 0 Å². The summed E-state index contributed by atoms with van der Waals surface area (Å²) in [6.07, 6.45) is 1.92. The maximum Gasteiger partial charge on any atom is 0.0535 e. The topological polar surface area (TPSA) is 40.7 Å². The summed E-state index contributed by atoms with van der Waals surface area (Å²) in [5.74, 6) is 0.690. The Morgan fingerprint density at radius 2 is 2.07 bits per heavy atom. The van der Waals surface area contributed by atoms with Crippen LogP contribution in [-0.2, 0) is 12.0 Å². The third kappa shape index (κ3) is 3.67. The van der Waals surface area contributed by atoms with Crippen molar-refractivity contribution in [3.05, 3.63) is 17.5 Å². The number of nitrogens with zero attached hydrogens (tertiary/aromatic N) is 1. The zero-order chi connectivity index (χ0) is 11.5. The van der Waals surface area contributed by atoms with Gasteiger partial charge in [0.25, 0.3) is 0 Å². The molecule has 2 N–H and O–H groups in total. The van der Waals surface area contributed by atoms with Gasteiger partial charge in [0.1, 0.15) is 0 Å². The Bertz CT molecular complexity index is 294. The molecule has 0 saturated heterocycles. The van der Waals surface area contributed by atoms with Gasteiger partial charge in [-0.05, 0) is 12.5 Å². The van der Waals surface area contributed by atoms with Crippen molar-refractivity contribution in [2.75, 3.05) is 6.54 Å². The van der Waals surface area contributed by atoms with Gasteiger partial charge in [-0.1, -0.05) is 34.6 Å². The summed E-state index contributed by atoms with van der Waals surface area (Å²) in [7, 11) is 0. The summed E-state index contributed by atoms with van der Waals surface area (Å²) in [4.78, 5) is 0. The Labute approximate surface area is 92.7 Å². The Morgan fingerprint density at radius 3 is 2.60 bits per heavy atom. The number of aromatic nitrogens is 2. The molecule has 1 aromatic rings. The predicted octanol–water partition coefficient (Wildman–Crippen LogP) is 2.45. The molecule has 0 aliphatic heterocycles. The van der Waals surface area contributed by atoms with Crippen LogP contribution in [0.2, 0.25) is 0 Å². The molecule has 0 saturated carbocycles. The molecule has 0 spiro atoms. The van der Waals surface area contributed by atoms with Crippen molar-refractivity contribution in [3.63, 3.8) is 0 Å². The van der Waals surface area contributed by atoms with Crippen molar-refractivity contribution in [2.24, 2.45) is 5.92 Å². The van der Waals surface area contributed by atoms with Crippen LogP contribution in [0.4, 0.5) is 0 Å². The molecule has 86 valence electrons. The van der Waals surface area contributed by atoms with Gasteiger partial charge in [-0.3, -0.25) is 5.10 Å². The molecule has 3 heteroatoms. The highest BCUT2D eigenvalue weighted by Gasteiger charge is 2.19. The molecule has 3 nitrogen and oxygen atoms in total. The van der Waals surface area contributed by atoms with Crippen molar-refractivity contribution in [1.29, 1.82) is 0 Å². The van der Waals surface area contributed by atoms with Gasteiger partial charge in [-0.2, -0.15) is 5.10 Å². The summed E-state index contributed by atoms with van der Waals surface area (Å²) >= 11 is 0. The Balaban J connectivity index is 2.58. The van der Waals surface area contributed by atoms with E-state index in [0.717, 1.165) is 13.1 Å². The van der Waals surface area contributed by atoms with Crippen molar-refractivity contribution in [1.82, 2.24) is 15.5 Å². The van der Waals surface area contributed by atoms with Crippen LogP contribution >= 0.6 is 0 Å². The number of hydrogen-bond acceptors (Lipinski definition) is 2. The average Bonchev–Trinajstić information content (AvgIpc) is 2.50. The minimum Gasteiger partial charge on any atom is -0.312 e. The molecule has 0 radical (unpaired) electrons. The molecule has 0 aliphatic carbocycles. The van der Waals surface area contributed by atoms with Crippen LogP contribution in [-0.4, -0.2) is 16.7 Å². The molecule has 0 bridgehead atoms. The molecule has 0 fully saturated rings. The fraction of sp³-hybridized carbons (Fsp3) is 0.750. The van der Waals surface area contributed by atoms with Gasteiger partial charge in [-0.25, -0.2) is 0 Å². The van der Waals surface area contributed by atoms with E-state index in [2.05, 4.69) is 50.1 Å². The third-order valence-electron chi connectivity index (χ3n) is 2.34. The van der Waals surface area contributed by atoms with Gasteiger partial charge >= 0.3 is 0 Å². The van der Waals surface area contributed by atoms with Crippen molar-refractivity contribution in [3.8, 4) is 0 Å². The minimum absolute atomic E-state index is 0.144. The van der Waals surface area contributed by atoms with E-state index in [1.165, 1.54) is 11.3 Å². The summed E-state index contributed by atoms with van der Waals surface area (Å²) in [6.45, 7) is 13.0. The molecule has 0 atom stereocenters. The van der Waals surface area contributed by atoms with Gasteiger partial charge < -0.3 is 5.32 Å². The second-order valence-electron chi connectivity index (χ2n) is 5.54. The number of aromatic amines is 1. The van der Waals surface area contributed by atoms with E-state index >= 15 is 0 Å². The van der Waals surface area contributed by atoms with Crippen LogP contribution in [0.1, 0.15) is 45.9 Å². The Hall–Kier alpha value is -0.830. The molecular formula is C12H23N3. The highest BCUT2D eigenvalue weighted by Crippen LogP contribution is 2.23. The molecule has 15 heavy (non-hydrogen) atoms. The van der Waals surface area contributed by atoms with Gasteiger partial charge in [0.15, 0.2) is 0 Å². The van der Waals surface area contributed by atoms with Crippen LogP contribution in [0.25, 0.3) is 0 Å². The van der Waals surface area contributed by atoms with Crippen molar-refractivity contribution < 1.29 is 0 Å². The van der Waals surface area contributed by atoms with Crippen LogP contribution in [0.3, 0.4) is 0 Å². The lowest BCUT2D eigenvalue weighted by Crippen LogP contribution is -2.22. The summed E-state index contributed by atoms with van der Waals surface area (Å²) in [6, 6.07) is 0. The summed E-state index contributed by atoms with van der Waals surface area (Å²) < 4.78 is 0. The molecular weight excluding hydrogens is 186 g/mol. The van der Waals surface area contributed by atoms with Crippen LogP contribution in [0.15, 0.2) is 6.20 Å². The largest absolute Gasteiger partial charge is 0.312 e. The predicted molar refractivity (Wildman–Crippen MR) is 63.8 cm³/mol. The quantitative estimate of drug-likeness (QED) is 0.799. The Kier molecular flexibility index (Phi) is 3.91. The van der Waals surface area contributed by atoms with E-state index in [1.54, 1.807) is 0 Å². The molecule has 1 aromatic heterocycles. The van der Waals surface area contributed by atoms with Crippen LogP contribution in [0.5, 0.6) is 0 Å². The molecule has 1 heterocycles. The second-order valence-corrected chi connectivity index (χ2v) is 5.54. The molecule has 0 amide bonds. The van der Waals surface area contributed by atoms with E-state index < -0.39 is 0 Å². The third-order valence-corrected chi connectivity index (χ3v) is 2.34. The summed E-state index contributed by atoms with van der Waals surface area (Å²) in [5, 5.41) is 10.7. The first kappa shape index (κ1) is 12.2. The number of rotatable bonds is 4. The molecule has 0 unspecified atom stereocenters. The van der Waals surface area contributed by atoms with Gasteiger partial charge in [0, 0.05) is 23.2 Å². The highest BCUT2D eigenvalue weighted by molar-refractivity contribution is 5.23. The Morgan fingerprint density at radius 1 is 1.40 bits per heavy atom. The molecule has 1 rings (SSSR count). The van der Waals surface area contributed by atoms with E-state index in [1.807, 2.05) is 6.20 Å². The first-order valence-corrected chi connectivity index (χ1v) is 5.64. The maximum atomic E-state index is 4.12. The van der Waals surface area contributed by atoms with E-state index in [9.17, 15) is 0 Å². The van der Waals surface area contributed by atoms with E-state index in [4.69, 9.17) is 0 Å². The molecule has 0 aromatic carbocycles. The lowest BCUT2D eigenvalue weighted by atomic mass is 9.89. The highest BCUT2D eigenvalue weighted by atomic mass is 15.1. The number of H-pyrrole nitrogens is 1. The number of hydrogen-bond donors (Lipinski definition) is 2. The van der Waals surface area contributed by atoms with E-state index in [0.29, 0.717) is 5.92 Å². The van der Waals surface area contributed by atoms with Gasteiger partial charge in [0.05, 0.1) is 6.20 Å². The molecule has 0 aliphatic rings. The lowest BCUT2D eigenvalue weighted by molar-refractivity contribution is 0.531. The maximum absolute atomic E-state index is 4.12. The standard InChI is InChI=1S/C12H23N3/c1-9(2)6-13-7-10-8-14-15-11(10)12(3,4)5/h8-9,13H,6-7H2,1-5H3,(H,14,15). The van der Waals surface area contributed by atoms with Gasteiger partial charge in [0.2, 0.25) is 0 Å². The zero-order valence-corrected chi connectivity index (χ0v) is 10.5. The first-order valence-electron chi connectivity index (χ1n) is 5.64. The van der Waals surface area contributed by atoms with Crippen LogP contribution < -0.4 is 5.32 Å². The minimum atomic E-state index is 0.144. The second kappa shape index (κ2) is 4.79. The lowest BCUT2D eigenvalue weighted by Gasteiger charge is -2.18. The zero-order valence-electron chi connectivity index (χ0n) is 10.5. The van der Waals surface area contributed by atoms with Crippen LogP contribution in [0, 0.1) is 5.92 Å². The fourth-order valence-electron chi connectivity index (χ4n) is 1.59. The average molecular weight is 209 g/mol. The normalized spacial score (nSPS) is 12.4. The van der Waals surface area contributed by atoms with Crippen molar-refractivity contribution in [2.45, 2.75) is 46.6 Å². The monoisotopic (exact) mass is 209 g/mol. The summed E-state index contributed by atoms with van der Waals surface area (Å²) in [5.41, 5.74) is 2.66. The van der Waals surface area contributed by atoms with Crippen molar-refractivity contribution >= 4 is 0 Å².